The lowest BCUT2D eigenvalue weighted by Gasteiger charge is -2.34. The number of nitrogens with zero attached hydrogens (tertiary/aromatic N) is 4. The average Bonchev–Trinajstić information content (AvgIpc) is 3.31. The van der Waals surface area contributed by atoms with E-state index in [1.807, 2.05) is 36.4 Å². The maximum Gasteiger partial charge on any atom is 0.409 e. The van der Waals surface area contributed by atoms with Crippen LogP contribution in [0.25, 0.3) is 0 Å². The normalized spacial score (nSPS) is 18.6. The second kappa shape index (κ2) is 10.7. The molecule has 180 valence electrons. The van der Waals surface area contributed by atoms with Crippen LogP contribution >= 0.6 is 0 Å². The van der Waals surface area contributed by atoms with Crippen LogP contribution in [0.3, 0.4) is 0 Å². The molecule has 4 rings (SSSR count). The smallest absolute Gasteiger partial charge is 0.409 e. The molecule has 1 fully saturated rings. The molecule has 8 heteroatoms. The molecule has 0 aliphatic carbocycles. The fraction of sp³-hybridized carbons (Fsp3) is 0.423. The lowest BCUT2D eigenvalue weighted by Crippen LogP contribution is -2.51. The molecule has 0 N–H and O–H groups in total. The van der Waals surface area contributed by atoms with Crippen molar-refractivity contribution in [3.05, 3.63) is 65.2 Å². The van der Waals surface area contributed by atoms with Crippen LogP contribution in [0.15, 0.2) is 53.6 Å². The minimum atomic E-state index is -0.293. The first-order chi connectivity index (χ1) is 16.5. The summed E-state index contributed by atoms with van der Waals surface area (Å²) in [6, 6.07) is 15.8. The lowest BCUT2D eigenvalue weighted by molar-refractivity contribution is -0.134. The van der Waals surface area contributed by atoms with Gasteiger partial charge in [0, 0.05) is 32.6 Å². The van der Waals surface area contributed by atoms with Crippen molar-refractivity contribution in [3.63, 3.8) is 0 Å². The quantitative estimate of drug-likeness (QED) is 0.655. The summed E-state index contributed by atoms with van der Waals surface area (Å²) in [5.41, 5.74) is 4.08. The molecule has 0 radical (unpaired) electrons. The Kier molecular flexibility index (Phi) is 7.47. The highest BCUT2D eigenvalue weighted by atomic mass is 16.6. The zero-order valence-electron chi connectivity index (χ0n) is 20.1. The second-order valence-corrected chi connectivity index (χ2v) is 8.61. The number of amides is 2. The Bertz CT molecular complexity index is 1060. The highest BCUT2D eigenvalue weighted by Gasteiger charge is 2.34. The Hall–Kier alpha value is -3.39. The van der Waals surface area contributed by atoms with Crippen LogP contribution in [-0.4, -0.2) is 79.0 Å². The van der Waals surface area contributed by atoms with Gasteiger partial charge in [-0.2, -0.15) is 5.10 Å². The number of carbonyl (C=O) groups is 2. The van der Waals surface area contributed by atoms with Gasteiger partial charge in [0.15, 0.2) is 0 Å². The highest BCUT2D eigenvalue weighted by molar-refractivity contribution is 6.03. The zero-order valence-corrected chi connectivity index (χ0v) is 20.1. The number of carbonyl (C=O) groups excluding carboxylic acids is 2. The van der Waals surface area contributed by atoms with Crippen LogP contribution in [0.5, 0.6) is 5.75 Å². The molecule has 2 aromatic rings. The standard InChI is InChI=1S/C26H32N4O4/c1-4-34-26(32)29-13-11-28(12-14-29)18-25(31)30-24(21-9-6-10-22(16-21)33-3)17-23(27-30)20-8-5-7-19(2)15-20/h5-10,15-16,24H,4,11-14,17-18H2,1-3H3. The Balaban J connectivity index is 1.51. The first-order valence-corrected chi connectivity index (χ1v) is 11.7. The highest BCUT2D eigenvalue weighted by Crippen LogP contribution is 2.34. The van der Waals surface area contributed by atoms with Crippen molar-refractivity contribution in [3.8, 4) is 5.75 Å². The van der Waals surface area contributed by atoms with Gasteiger partial charge >= 0.3 is 6.09 Å². The molecule has 0 aromatic heterocycles. The summed E-state index contributed by atoms with van der Waals surface area (Å²) in [5.74, 6) is 0.698. The minimum absolute atomic E-state index is 0.0555. The van der Waals surface area contributed by atoms with Gasteiger partial charge in [0.25, 0.3) is 5.91 Å². The SMILES string of the molecule is CCOC(=O)N1CCN(CC(=O)N2N=C(c3cccc(C)c3)CC2c2cccc(OC)c2)CC1. The van der Waals surface area contributed by atoms with Crippen molar-refractivity contribution >= 4 is 17.7 Å². The van der Waals surface area contributed by atoms with Crippen LogP contribution in [0.2, 0.25) is 0 Å². The summed E-state index contributed by atoms with van der Waals surface area (Å²) in [4.78, 5) is 29.2. The molecule has 34 heavy (non-hydrogen) atoms. The third-order valence-corrected chi connectivity index (χ3v) is 6.25. The molecule has 2 amide bonds. The van der Waals surface area contributed by atoms with E-state index in [0.717, 1.165) is 28.2 Å². The summed E-state index contributed by atoms with van der Waals surface area (Å²) >= 11 is 0. The van der Waals surface area contributed by atoms with E-state index in [1.165, 1.54) is 0 Å². The largest absolute Gasteiger partial charge is 0.497 e. The van der Waals surface area contributed by atoms with Crippen LogP contribution in [0.4, 0.5) is 4.79 Å². The van der Waals surface area contributed by atoms with Crippen LogP contribution in [0, 0.1) is 6.92 Å². The van der Waals surface area contributed by atoms with E-state index in [2.05, 4.69) is 24.0 Å². The topological polar surface area (TPSA) is 74.7 Å². The molecular weight excluding hydrogens is 432 g/mol. The average molecular weight is 465 g/mol. The lowest BCUT2D eigenvalue weighted by atomic mass is 9.97. The molecule has 1 atom stereocenters. The van der Waals surface area contributed by atoms with Crippen LogP contribution in [-0.2, 0) is 9.53 Å². The number of aryl methyl sites for hydroxylation is 1. The molecule has 0 spiro atoms. The summed E-state index contributed by atoms with van der Waals surface area (Å²) in [6.45, 7) is 6.80. The molecule has 0 bridgehead atoms. The summed E-state index contributed by atoms with van der Waals surface area (Å²) < 4.78 is 10.5. The van der Waals surface area contributed by atoms with Crippen LogP contribution in [0.1, 0.15) is 36.1 Å². The molecule has 2 heterocycles. The zero-order chi connectivity index (χ0) is 24.1. The van der Waals surface area contributed by atoms with Crippen molar-refractivity contribution in [2.24, 2.45) is 5.10 Å². The van der Waals surface area contributed by atoms with Gasteiger partial charge in [0.2, 0.25) is 0 Å². The third-order valence-electron chi connectivity index (χ3n) is 6.25. The van der Waals surface area contributed by atoms with E-state index in [-0.39, 0.29) is 24.6 Å². The Morgan fingerprint density at radius 3 is 2.53 bits per heavy atom. The molecule has 2 aromatic carbocycles. The molecular formula is C26H32N4O4. The van der Waals surface area contributed by atoms with E-state index < -0.39 is 0 Å². The van der Waals surface area contributed by atoms with Crippen LogP contribution < -0.4 is 4.74 Å². The number of hydrogen-bond acceptors (Lipinski definition) is 6. The number of hydrazone groups is 1. The molecule has 2 aliphatic rings. The number of ether oxygens (including phenoxy) is 2. The van der Waals surface area contributed by atoms with E-state index in [1.54, 1.807) is 23.9 Å². The number of methoxy groups -OCH3 is 1. The van der Waals surface area contributed by atoms with E-state index >= 15 is 0 Å². The van der Waals surface area contributed by atoms with Crippen molar-refractivity contribution in [2.75, 3.05) is 46.4 Å². The number of hydrogen-bond donors (Lipinski definition) is 0. The van der Waals surface area contributed by atoms with Gasteiger partial charge in [-0.15, -0.1) is 0 Å². The minimum Gasteiger partial charge on any atom is -0.497 e. The number of piperazine rings is 1. The summed E-state index contributed by atoms with van der Waals surface area (Å²) in [6.07, 6.45) is 0.345. The maximum absolute atomic E-state index is 13.5. The predicted molar refractivity (Wildman–Crippen MR) is 130 cm³/mol. The monoisotopic (exact) mass is 464 g/mol. The fourth-order valence-corrected chi connectivity index (χ4v) is 4.41. The van der Waals surface area contributed by atoms with Gasteiger partial charge in [0.1, 0.15) is 5.75 Å². The number of rotatable bonds is 6. The third kappa shape index (κ3) is 5.39. The Labute approximate surface area is 200 Å². The summed E-state index contributed by atoms with van der Waals surface area (Å²) in [7, 11) is 1.64. The van der Waals surface area contributed by atoms with Gasteiger partial charge < -0.3 is 14.4 Å². The molecule has 2 aliphatic heterocycles. The van der Waals surface area contributed by atoms with E-state index in [9.17, 15) is 9.59 Å². The van der Waals surface area contributed by atoms with Gasteiger partial charge in [-0.05, 0) is 37.1 Å². The van der Waals surface area contributed by atoms with Gasteiger partial charge in [-0.3, -0.25) is 9.69 Å². The Morgan fingerprint density at radius 2 is 1.82 bits per heavy atom. The van der Waals surface area contributed by atoms with E-state index in [4.69, 9.17) is 14.6 Å². The first kappa shape index (κ1) is 23.8. The van der Waals surface area contributed by atoms with Gasteiger partial charge in [0.05, 0.1) is 32.0 Å². The van der Waals surface area contributed by atoms with Gasteiger partial charge in [-0.1, -0.05) is 42.0 Å². The summed E-state index contributed by atoms with van der Waals surface area (Å²) in [5, 5.41) is 6.42. The first-order valence-electron chi connectivity index (χ1n) is 11.7. The molecule has 1 unspecified atom stereocenters. The van der Waals surface area contributed by atoms with Crippen molar-refractivity contribution in [2.45, 2.75) is 26.3 Å². The van der Waals surface area contributed by atoms with Crippen molar-refractivity contribution in [1.82, 2.24) is 14.8 Å². The Morgan fingerprint density at radius 1 is 1.06 bits per heavy atom. The van der Waals surface area contributed by atoms with Crippen molar-refractivity contribution in [1.29, 1.82) is 0 Å². The number of benzene rings is 2. The second-order valence-electron chi connectivity index (χ2n) is 8.61. The predicted octanol–water partition coefficient (Wildman–Crippen LogP) is 3.46. The molecule has 1 saturated heterocycles. The molecule has 8 nitrogen and oxygen atoms in total. The fourth-order valence-electron chi connectivity index (χ4n) is 4.41. The maximum atomic E-state index is 13.5. The molecule has 0 saturated carbocycles. The van der Waals surface area contributed by atoms with Crippen molar-refractivity contribution < 1.29 is 19.1 Å². The van der Waals surface area contributed by atoms with Gasteiger partial charge in [-0.25, -0.2) is 9.80 Å². The van der Waals surface area contributed by atoms with E-state index in [0.29, 0.717) is 39.2 Å².